The highest BCUT2D eigenvalue weighted by Gasteiger charge is 2.20. The highest BCUT2D eigenvalue weighted by Crippen LogP contribution is 2.28. The Labute approximate surface area is 87.7 Å². The zero-order chi connectivity index (χ0) is 10.6. The molecule has 1 aliphatic rings. The lowest BCUT2D eigenvalue weighted by Crippen LogP contribution is -2.27. The Balaban J connectivity index is 2.12. The molecule has 2 nitrogen and oxygen atoms in total. The molecule has 0 saturated heterocycles. The van der Waals surface area contributed by atoms with Crippen molar-refractivity contribution in [2.75, 3.05) is 6.61 Å². The molecule has 0 amide bonds. The Morgan fingerprint density at radius 3 is 2.36 bits per heavy atom. The van der Waals surface area contributed by atoms with Gasteiger partial charge in [-0.05, 0) is 33.1 Å². The van der Waals surface area contributed by atoms with Crippen molar-refractivity contribution in [3.05, 3.63) is 0 Å². The van der Waals surface area contributed by atoms with E-state index in [1.807, 2.05) is 20.8 Å². The second-order valence-corrected chi connectivity index (χ2v) is 5.46. The second kappa shape index (κ2) is 5.13. The summed E-state index contributed by atoms with van der Waals surface area (Å²) in [5.74, 6) is 0.744. The van der Waals surface area contributed by atoms with E-state index in [2.05, 4.69) is 0 Å². The average molecular weight is 200 g/mol. The second-order valence-electron chi connectivity index (χ2n) is 5.46. The highest BCUT2D eigenvalue weighted by atomic mass is 16.5. The van der Waals surface area contributed by atoms with E-state index in [1.54, 1.807) is 0 Å². The lowest BCUT2D eigenvalue weighted by molar-refractivity contribution is -0.0539. The Morgan fingerprint density at radius 2 is 1.86 bits per heavy atom. The van der Waals surface area contributed by atoms with Crippen LogP contribution in [-0.2, 0) is 4.74 Å². The van der Waals surface area contributed by atoms with Gasteiger partial charge in [-0.3, -0.25) is 0 Å². The van der Waals surface area contributed by atoms with E-state index in [9.17, 15) is 5.11 Å². The maximum absolute atomic E-state index is 9.75. The molecular weight excluding hydrogens is 176 g/mol. The third kappa shape index (κ3) is 4.97. The molecule has 84 valence electrons. The fourth-order valence-electron chi connectivity index (χ4n) is 2.05. The summed E-state index contributed by atoms with van der Waals surface area (Å²) >= 11 is 0. The third-order valence-corrected chi connectivity index (χ3v) is 2.79. The van der Waals surface area contributed by atoms with E-state index in [0.29, 0.717) is 6.61 Å². The lowest BCUT2D eigenvalue weighted by Gasteiger charge is -2.23. The molecule has 1 saturated carbocycles. The third-order valence-electron chi connectivity index (χ3n) is 2.79. The first-order valence-electron chi connectivity index (χ1n) is 5.79. The van der Waals surface area contributed by atoms with Gasteiger partial charge in [0.1, 0.15) is 0 Å². The van der Waals surface area contributed by atoms with Gasteiger partial charge in [-0.25, -0.2) is 0 Å². The lowest BCUT2D eigenvalue weighted by atomic mass is 10.0. The van der Waals surface area contributed by atoms with Crippen molar-refractivity contribution in [2.24, 2.45) is 5.92 Å². The molecule has 1 aliphatic carbocycles. The van der Waals surface area contributed by atoms with Gasteiger partial charge in [0.25, 0.3) is 0 Å². The maximum atomic E-state index is 9.75. The Morgan fingerprint density at radius 1 is 1.29 bits per heavy atom. The minimum absolute atomic E-state index is 0.128. The summed E-state index contributed by atoms with van der Waals surface area (Å²) < 4.78 is 5.55. The van der Waals surface area contributed by atoms with Crippen molar-refractivity contribution in [1.82, 2.24) is 0 Å². The van der Waals surface area contributed by atoms with Crippen LogP contribution in [0.1, 0.15) is 52.9 Å². The summed E-state index contributed by atoms with van der Waals surface area (Å²) in [6.45, 7) is 6.56. The number of aliphatic hydroxyl groups is 1. The van der Waals surface area contributed by atoms with Crippen LogP contribution in [0.3, 0.4) is 0 Å². The molecule has 0 aliphatic heterocycles. The van der Waals surface area contributed by atoms with Crippen LogP contribution in [-0.4, -0.2) is 23.4 Å². The molecule has 14 heavy (non-hydrogen) atoms. The molecule has 2 heteroatoms. The number of rotatable bonds is 4. The van der Waals surface area contributed by atoms with Crippen molar-refractivity contribution < 1.29 is 9.84 Å². The fourth-order valence-corrected chi connectivity index (χ4v) is 2.05. The fraction of sp³-hybridized carbons (Fsp3) is 1.00. The largest absolute Gasteiger partial charge is 0.391 e. The quantitative estimate of drug-likeness (QED) is 0.756. The molecule has 1 rings (SSSR count). The van der Waals surface area contributed by atoms with Crippen LogP contribution >= 0.6 is 0 Å². The van der Waals surface area contributed by atoms with Gasteiger partial charge in [0.15, 0.2) is 0 Å². The van der Waals surface area contributed by atoms with Crippen LogP contribution in [0.25, 0.3) is 0 Å². The number of ether oxygens (including phenoxy) is 1. The summed E-state index contributed by atoms with van der Waals surface area (Å²) in [6.07, 6.45) is 5.95. The molecule has 0 radical (unpaired) electrons. The SMILES string of the molecule is CC(C)(C)OC[C@@H](O)CC1CCCC1. The van der Waals surface area contributed by atoms with Gasteiger partial charge in [0, 0.05) is 0 Å². The summed E-state index contributed by atoms with van der Waals surface area (Å²) in [7, 11) is 0. The molecule has 0 unspecified atom stereocenters. The van der Waals surface area contributed by atoms with E-state index < -0.39 is 0 Å². The number of hydrogen-bond acceptors (Lipinski definition) is 2. The molecule has 0 heterocycles. The smallest absolute Gasteiger partial charge is 0.0776 e. The van der Waals surface area contributed by atoms with Crippen LogP contribution in [0.4, 0.5) is 0 Å². The summed E-state index contributed by atoms with van der Waals surface area (Å²) in [5, 5.41) is 9.75. The minimum Gasteiger partial charge on any atom is -0.391 e. The predicted molar refractivity (Wildman–Crippen MR) is 58.3 cm³/mol. The van der Waals surface area contributed by atoms with E-state index in [1.165, 1.54) is 25.7 Å². The van der Waals surface area contributed by atoms with Gasteiger partial charge >= 0.3 is 0 Å². The van der Waals surface area contributed by atoms with Crippen molar-refractivity contribution in [2.45, 2.75) is 64.6 Å². The van der Waals surface area contributed by atoms with Crippen molar-refractivity contribution >= 4 is 0 Å². The molecule has 0 aromatic carbocycles. The van der Waals surface area contributed by atoms with Crippen LogP contribution in [0.2, 0.25) is 0 Å². The molecule has 0 bridgehead atoms. The van der Waals surface area contributed by atoms with E-state index in [-0.39, 0.29) is 11.7 Å². The van der Waals surface area contributed by atoms with Crippen molar-refractivity contribution in [3.63, 3.8) is 0 Å². The molecular formula is C12H24O2. The summed E-state index contributed by atoms with van der Waals surface area (Å²) in [6, 6.07) is 0. The Kier molecular flexibility index (Phi) is 4.39. The molecule has 1 fully saturated rings. The summed E-state index contributed by atoms with van der Waals surface area (Å²) in [4.78, 5) is 0. The van der Waals surface area contributed by atoms with Crippen molar-refractivity contribution in [1.29, 1.82) is 0 Å². The Bertz CT molecular complexity index is 154. The first-order valence-corrected chi connectivity index (χ1v) is 5.79. The molecule has 1 N–H and O–H groups in total. The molecule has 1 atom stereocenters. The number of aliphatic hydroxyl groups excluding tert-OH is 1. The standard InChI is InChI=1S/C12H24O2/c1-12(2,3)14-9-11(13)8-10-6-4-5-7-10/h10-11,13H,4-9H2,1-3H3/t11-/m0/s1. The topological polar surface area (TPSA) is 29.5 Å². The molecule has 0 aromatic rings. The van der Waals surface area contributed by atoms with Gasteiger partial charge in [0.05, 0.1) is 18.3 Å². The van der Waals surface area contributed by atoms with Crippen molar-refractivity contribution in [3.8, 4) is 0 Å². The monoisotopic (exact) mass is 200 g/mol. The highest BCUT2D eigenvalue weighted by molar-refractivity contribution is 4.71. The normalized spacial score (nSPS) is 21.4. The van der Waals surface area contributed by atoms with Crippen LogP contribution in [0, 0.1) is 5.92 Å². The van der Waals surface area contributed by atoms with E-state index in [4.69, 9.17) is 4.74 Å². The predicted octanol–water partition coefficient (Wildman–Crippen LogP) is 2.74. The molecule has 0 spiro atoms. The molecule has 0 aromatic heterocycles. The van der Waals surface area contributed by atoms with E-state index in [0.717, 1.165) is 12.3 Å². The maximum Gasteiger partial charge on any atom is 0.0776 e. The van der Waals surface area contributed by atoms with Gasteiger partial charge in [0.2, 0.25) is 0 Å². The van der Waals surface area contributed by atoms with Gasteiger partial charge in [-0.2, -0.15) is 0 Å². The van der Waals surface area contributed by atoms with Gasteiger partial charge in [-0.15, -0.1) is 0 Å². The van der Waals surface area contributed by atoms with Gasteiger partial charge in [-0.1, -0.05) is 25.7 Å². The average Bonchev–Trinajstić information content (AvgIpc) is 2.52. The first-order chi connectivity index (χ1) is 6.47. The summed E-state index contributed by atoms with van der Waals surface area (Å²) in [5.41, 5.74) is -0.128. The van der Waals surface area contributed by atoms with Crippen LogP contribution < -0.4 is 0 Å². The number of hydrogen-bond donors (Lipinski definition) is 1. The van der Waals surface area contributed by atoms with Crippen LogP contribution in [0.15, 0.2) is 0 Å². The Hall–Kier alpha value is -0.0800. The zero-order valence-electron chi connectivity index (χ0n) is 9.75. The van der Waals surface area contributed by atoms with E-state index >= 15 is 0 Å². The zero-order valence-corrected chi connectivity index (χ0v) is 9.75. The van der Waals surface area contributed by atoms with Crippen LogP contribution in [0.5, 0.6) is 0 Å². The van der Waals surface area contributed by atoms with Gasteiger partial charge < -0.3 is 9.84 Å². The minimum atomic E-state index is -0.266. The first kappa shape index (κ1) is 12.0.